The van der Waals surface area contributed by atoms with Crippen LogP contribution in [0.3, 0.4) is 0 Å². The lowest BCUT2D eigenvalue weighted by Crippen LogP contribution is -2.46. The second-order valence-corrected chi connectivity index (χ2v) is 7.89. The molecule has 0 radical (unpaired) electrons. The van der Waals surface area contributed by atoms with Gasteiger partial charge in [0.1, 0.15) is 11.8 Å². The lowest BCUT2D eigenvalue weighted by atomic mass is 9.87. The molecule has 0 fully saturated rings. The number of anilines is 1. The number of nitrogens with zero attached hydrogens (tertiary/aromatic N) is 2. The monoisotopic (exact) mass is 420 g/mol. The van der Waals surface area contributed by atoms with Crippen molar-refractivity contribution in [2.24, 2.45) is 5.73 Å². The first-order valence-corrected chi connectivity index (χ1v) is 9.93. The lowest BCUT2D eigenvalue weighted by molar-refractivity contribution is -0.138. The van der Waals surface area contributed by atoms with Crippen LogP contribution in [-0.2, 0) is 15.1 Å². The Kier molecular flexibility index (Phi) is 6.20. The summed E-state index contributed by atoms with van der Waals surface area (Å²) in [5.41, 5.74) is 7.69. The fourth-order valence-electron chi connectivity index (χ4n) is 3.48. The number of hydrogen-bond donors (Lipinski definition) is 4. The summed E-state index contributed by atoms with van der Waals surface area (Å²) in [4.78, 5) is 42.2. The predicted octanol–water partition coefficient (Wildman–Crippen LogP) is 2.33. The number of H-pyrrole nitrogens is 1. The van der Waals surface area contributed by atoms with Gasteiger partial charge in [-0.3, -0.25) is 14.4 Å². The van der Waals surface area contributed by atoms with Crippen molar-refractivity contribution in [1.82, 2.24) is 15.3 Å². The summed E-state index contributed by atoms with van der Waals surface area (Å²) in [7, 11) is 0. The van der Waals surface area contributed by atoms with Crippen LogP contribution in [0.4, 0.5) is 5.69 Å². The first kappa shape index (κ1) is 21.8. The number of carbonyl (C=O) groups is 3. The number of amides is 3. The molecule has 1 aliphatic rings. The predicted molar refractivity (Wildman–Crippen MR) is 115 cm³/mol. The quantitative estimate of drug-likeness (QED) is 0.547. The fraction of sp³-hybridized carbons (Fsp3) is 0.318. The number of primary amides is 1. The van der Waals surface area contributed by atoms with E-state index in [0.717, 1.165) is 42.4 Å². The zero-order valence-electron chi connectivity index (χ0n) is 17.4. The summed E-state index contributed by atoms with van der Waals surface area (Å²) in [6.07, 6.45) is 7.39. The van der Waals surface area contributed by atoms with Gasteiger partial charge in [0, 0.05) is 11.3 Å². The molecule has 1 aromatic heterocycles. The second kappa shape index (κ2) is 8.83. The van der Waals surface area contributed by atoms with Crippen molar-refractivity contribution in [2.45, 2.75) is 45.1 Å². The molecule has 1 aromatic carbocycles. The van der Waals surface area contributed by atoms with E-state index in [1.54, 1.807) is 26.0 Å². The van der Waals surface area contributed by atoms with Crippen LogP contribution in [0.2, 0.25) is 0 Å². The van der Waals surface area contributed by atoms with E-state index in [0.29, 0.717) is 5.69 Å². The van der Waals surface area contributed by atoms with Gasteiger partial charge in [0.2, 0.25) is 0 Å². The van der Waals surface area contributed by atoms with Crippen molar-refractivity contribution in [1.29, 1.82) is 5.26 Å². The Morgan fingerprint density at radius 2 is 2.03 bits per heavy atom. The number of nitrogens with one attached hydrogen (secondary N) is 3. The Morgan fingerprint density at radius 3 is 2.65 bits per heavy atom. The van der Waals surface area contributed by atoms with Gasteiger partial charge < -0.3 is 21.4 Å². The van der Waals surface area contributed by atoms with E-state index in [2.05, 4.69) is 26.7 Å². The van der Waals surface area contributed by atoms with Crippen LogP contribution in [0.5, 0.6) is 0 Å². The molecule has 1 aliphatic carbocycles. The lowest BCUT2D eigenvalue weighted by Gasteiger charge is -2.28. The largest absolute Gasteiger partial charge is 0.361 e. The minimum Gasteiger partial charge on any atom is -0.361 e. The van der Waals surface area contributed by atoms with Crippen molar-refractivity contribution in [3.05, 3.63) is 53.1 Å². The molecular formula is C22H24N6O3. The summed E-state index contributed by atoms with van der Waals surface area (Å²) in [6.45, 7) is 3.54. The van der Waals surface area contributed by atoms with Crippen LogP contribution in [0, 0.1) is 11.3 Å². The van der Waals surface area contributed by atoms with E-state index in [4.69, 9.17) is 11.0 Å². The molecule has 0 saturated carbocycles. The maximum absolute atomic E-state index is 12.6. The van der Waals surface area contributed by atoms with Gasteiger partial charge >= 0.3 is 11.8 Å². The third-order valence-electron chi connectivity index (χ3n) is 5.19. The molecule has 3 rings (SSSR count). The highest BCUT2D eigenvalue weighted by molar-refractivity contribution is 6.34. The number of carbonyl (C=O) groups excluding carboxylic acids is 3. The molecule has 0 saturated heterocycles. The van der Waals surface area contributed by atoms with Crippen LogP contribution in [-0.4, -0.2) is 27.7 Å². The van der Waals surface area contributed by atoms with Crippen molar-refractivity contribution in [3.8, 4) is 6.07 Å². The molecule has 1 heterocycles. The molecule has 0 unspecified atom stereocenters. The van der Waals surface area contributed by atoms with Crippen LogP contribution in [0.1, 0.15) is 67.0 Å². The van der Waals surface area contributed by atoms with Crippen LogP contribution in [0.25, 0.3) is 5.57 Å². The molecule has 2 aromatic rings. The van der Waals surface area contributed by atoms with Gasteiger partial charge in [0.25, 0.3) is 5.91 Å². The molecule has 0 bridgehead atoms. The van der Waals surface area contributed by atoms with E-state index < -0.39 is 23.3 Å². The SMILES string of the molecule is CC(C)(NC(=O)C(N)=O)c1ccc(NC(=O)c2ncc(C#N)[nH]2)c(C2=CCCCC2)c1. The van der Waals surface area contributed by atoms with E-state index in [1.807, 2.05) is 12.1 Å². The molecule has 0 aliphatic heterocycles. The highest BCUT2D eigenvalue weighted by Gasteiger charge is 2.27. The molecule has 5 N–H and O–H groups in total. The van der Waals surface area contributed by atoms with Crippen molar-refractivity contribution in [2.75, 3.05) is 5.32 Å². The zero-order valence-corrected chi connectivity index (χ0v) is 17.4. The third-order valence-corrected chi connectivity index (χ3v) is 5.19. The highest BCUT2D eigenvalue weighted by Crippen LogP contribution is 2.35. The average molecular weight is 420 g/mol. The van der Waals surface area contributed by atoms with Crippen molar-refractivity contribution in [3.63, 3.8) is 0 Å². The molecule has 9 nitrogen and oxygen atoms in total. The number of allylic oxidation sites excluding steroid dienone is 2. The van der Waals surface area contributed by atoms with E-state index in [9.17, 15) is 14.4 Å². The number of nitriles is 1. The van der Waals surface area contributed by atoms with E-state index in [-0.39, 0.29) is 11.5 Å². The Labute approximate surface area is 179 Å². The zero-order chi connectivity index (χ0) is 22.6. The summed E-state index contributed by atoms with van der Waals surface area (Å²) >= 11 is 0. The summed E-state index contributed by atoms with van der Waals surface area (Å²) in [6, 6.07) is 7.33. The summed E-state index contributed by atoms with van der Waals surface area (Å²) < 4.78 is 0. The van der Waals surface area contributed by atoms with Gasteiger partial charge in [-0.1, -0.05) is 12.1 Å². The van der Waals surface area contributed by atoms with Gasteiger partial charge in [-0.2, -0.15) is 5.26 Å². The Hall–Kier alpha value is -3.93. The number of aromatic amines is 1. The number of imidazole rings is 1. The molecule has 31 heavy (non-hydrogen) atoms. The van der Waals surface area contributed by atoms with E-state index >= 15 is 0 Å². The Balaban J connectivity index is 1.96. The first-order chi connectivity index (χ1) is 14.7. The maximum atomic E-state index is 12.6. The average Bonchev–Trinajstić information content (AvgIpc) is 3.23. The third kappa shape index (κ3) is 4.98. The fourth-order valence-corrected chi connectivity index (χ4v) is 3.48. The van der Waals surface area contributed by atoms with Gasteiger partial charge in [-0.15, -0.1) is 0 Å². The molecule has 3 amide bonds. The number of rotatable bonds is 5. The number of nitrogens with two attached hydrogens (primary N) is 1. The number of hydrogen-bond acceptors (Lipinski definition) is 5. The smallest absolute Gasteiger partial charge is 0.309 e. The minimum atomic E-state index is -1.05. The van der Waals surface area contributed by atoms with Crippen LogP contribution >= 0.6 is 0 Å². The second-order valence-electron chi connectivity index (χ2n) is 7.89. The van der Waals surface area contributed by atoms with E-state index in [1.165, 1.54) is 6.20 Å². The van der Waals surface area contributed by atoms with Gasteiger partial charge in [0.05, 0.1) is 11.7 Å². The van der Waals surface area contributed by atoms with Gasteiger partial charge in [-0.05, 0) is 62.8 Å². The maximum Gasteiger partial charge on any atom is 0.309 e. The van der Waals surface area contributed by atoms with Crippen molar-refractivity contribution >= 4 is 29.0 Å². The van der Waals surface area contributed by atoms with Crippen LogP contribution < -0.4 is 16.4 Å². The Bertz CT molecular complexity index is 1110. The topological polar surface area (TPSA) is 154 Å². The van der Waals surface area contributed by atoms with Crippen LogP contribution in [0.15, 0.2) is 30.5 Å². The molecule has 0 spiro atoms. The van der Waals surface area contributed by atoms with Gasteiger partial charge in [0.15, 0.2) is 5.82 Å². The van der Waals surface area contributed by atoms with Gasteiger partial charge in [-0.25, -0.2) is 4.98 Å². The summed E-state index contributed by atoms with van der Waals surface area (Å²) in [5, 5.41) is 14.4. The molecule has 0 atom stereocenters. The van der Waals surface area contributed by atoms with Crippen molar-refractivity contribution < 1.29 is 14.4 Å². The minimum absolute atomic E-state index is 0.0400. The highest BCUT2D eigenvalue weighted by atomic mass is 16.2. The Morgan fingerprint density at radius 1 is 1.26 bits per heavy atom. The standard InChI is InChI=1S/C22H24N6O3/c1-22(2,28-20(30)18(24)29)14-8-9-17(16(10-14)13-6-4-3-5-7-13)27-21(31)19-25-12-15(11-23)26-19/h6,8-10,12H,3-5,7H2,1-2H3,(H2,24,29)(H,25,26)(H,27,31)(H,28,30). The molecular weight excluding hydrogens is 396 g/mol. The first-order valence-electron chi connectivity index (χ1n) is 9.93. The number of benzene rings is 1. The summed E-state index contributed by atoms with van der Waals surface area (Å²) in [5.74, 6) is -2.35. The normalized spacial score (nSPS) is 13.6. The molecule has 9 heteroatoms. The number of aromatic nitrogens is 2. The molecule has 160 valence electrons.